The Labute approximate surface area is 295 Å². The molecule has 0 aliphatic carbocycles. The van der Waals surface area contributed by atoms with E-state index in [0.29, 0.717) is 6.42 Å². The number of phosphoric ester groups is 1. The summed E-state index contributed by atoms with van der Waals surface area (Å²) >= 11 is 0. The van der Waals surface area contributed by atoms with E-state index in [9.17, 15) is 19.0 Å². The molecule has 0 amide bonds. The van der Waals surface area contributed by atoms with Crippen LogP contribution < -0.4 is 5.73 Å². The summed E-state index contributed by atoms with van der Waals surface area (Å²) in [6, 6.07) is 0. The topological polar surface area (TPSA) is 134 Å². The van der Waals surface area contributed by atoms with Gasteiger partial charge in [0.25, 0.3) is 0 Å². The molecule has 2 atom stereocenters. The summed E-state index contributed by atoms with van der Waals surface area (Å²) in [4.78, 5) is 34.6. The highest BCUT2D eigenvalue weighted by Gasteiger charge is 2.26. The minimum absolute atomic E-state index is 0.0576. The van der Waals surface area contributed by atoms with Gasteiger partial charge in [0.15, 0.2) is 6.10 Å². The zero-order chi connectivity index (χ0) is 35.4. The van der Waals surface area contributed by atoms with Crippen LogP contribution in [0.25, 0.3) is 0 Å². The normalized spacial score (nSPS) is 13.3. The number of esters is 2. The average molecular weight is 706 g/mol. The van der Waals surface area contributed by atoms with E-state index < -0.39 is 26.5 Å². The fourth-order valence-electron chi connectivity index (χ4n) is 5.75. The van der Waals surface area contributed by atoms with Crippen LogP contribution in [0.1, 0.15) is 200 Å². The Kier molecular flexibility index (Phi) is 35.1. The first-order chi connectivity index (χ1) is 23.3. The van der Waals surface area contributed by atoms with E-state index in [1.54, 1.807) is 0 Å². The fourth-order valence-corrected chi connectivity index (χ4v) is 6.52. The van der Waals surface area contributed by atoms with Crippen LogP contribution in [0.4, 0.5) is 0 Å². The first-order valence-corrected chi connectivity index (χ1v) is 21.5. The minimum atomic E-state index is -4.36. The Morgan fingerprint density at radius 3 is 1.27 bits per heavy atom. The van der Waals surface area contributed by atoms with Crippen LogP contribution >= 0.6 is 7.82 Å². The first kappa shape index (κ1) is 47.0. The molecule has 0 aliphatic rings. The van der Waals surface area contributed by atoms with Crippen LogP contribution in [-0.4, -0.2) is 49.3 Å². The number of phosphoric acid groups is 1. The molecule has 0 saturated carbocycles. The van der Waals surface area contributed by atoms with Gasteiger partial charge in [-0.2, -0.15) is 0 Å². The molecular formula is C38H76NO8P. The van der Waals surface area contributed by atoms with Crippen molar-refractivity contribution in [1.82, 2.24) is 0 Å². The number of carbonyl (C=O) groups is 2. The van der Waals surface area contributed by atoms with Crippen molar-refractivity contribution in [3.05, 3.63) is 0 Å². The molecular weight excluding hydrogens is 629 g/mol. The molecule has 286 valence electrons. The number of unbranched alkanes of at least 4 members (excludes halogenated alkanes) is 25. The summed E-state index contributed by atoms with van der Waals surface area (Å²) < 4.78 is 32.6. The van der Waals surface area contributed by atoms with Gasteiger partial charge in [0.1, 0.15) is 6.61 Å². The highest BCUT2D eigenvalue weighted by atomic mass is 31.2. The zero-order valence-corrected chi connectivity index (χ0v) is 32.1. The monoisotopic (exact) mass is 706 g/mol. The summed E-state index contributed by atoms with van der Waals surface area (Å²) in [7, 11) is -4.36. The SMILES string of the molecule is CCCCCCCCCCCCCCCCCCCCCC(=O)OC[C@@H](COP(=O)(O)OCCN)OC(=O)CCCCCCCCCC. The Hall–Kier alpha value is -0.990. The van der Waals surface area contributed by atoms with Gasteiger partial charge in [0.2, 0.25) is 0 Å². The second-order valence-electron chi connectivity index (χ2n) is 13.5. The number of hydrogen-bond donors (Lipinski definition) is 2. The third-order valence-corrected chi connectivity index (χ3v) is 9.73. The molecule has 0 radical (unpaired) electrons. The predicted molar refractivity (Wildman–Crippen MR) is 197 cm³/mol. The highest BCUT2D eigenvalue weighted by Crippen LogP contribution is 2.43. The van der Waals surface area contributed by atoms with Crippen molar-refractivity contribution >= 4 is 19.8 Å². The molecule has 0 fully saturated rings. The second kappa shape index (κ2) is 35.8. The van der Waals surface area contributed by atoms with Crippen LogP contribution in [0, 0.1) is 0 Å². The molecule has 10 heteroatoms. The lowest BCUT2D eigenvalue weighted by molar-refractivity contribution is -0.161. The molecule has 0 aromatic heterocycles. The molecule has 3 N–H and O–H groups in total. The molecule has 0 aromatic rings. The van der Waals surface area contributed by atoms with Gasteiger partial charge >= 0.3 is 19.8 Å². The van der Waals surface area contributed by atoms with Gasteiger partial charge in [-0.15, -0.1) is 0 Å². The molecule has 9 nitrogen and oxygen atoms in total. The summed E-state index contributed by atoms with van der Waals surface area (Å²) in [6.07, 6.45) is 32.9. The number of carbonyl (C=O) groups excluding carboxylic acids is 2. The highest BCUT2D eigenvalue weighted by molar-refractivity contribution is 7.47. The lowest BCUT2D eigenvalue weighted by Crippen LogP contribution is -2.29. The van der Waals surface area contributed by atoms with Gasteiger partial charge in [-0.3, -0.25) is 18.6 Å². The van der Waals surface area contributed by atoms with Crippen molar-refractivity contribution in [2.24, 2.45) is 5.73 Å². The van der Waals surface area contributed by atoms with Crippen LogP contribution in [-0.2, 0) is 32.7 Å². The number of rotatable bonds is 38. The van der Waals surface area contributed by atoms with E-state index >= 15 is 0 Å². The molecule has 0 saturated heterocycles. The van der Waals surface area contributed by atoms with Gasteiger partial charge in [0.05, 0.1) is 13.2 Å². The number of hydrogen-bond acceptors (Lipinski definition) is 8. The molecule has 0 rings (SSSR count). The Morgan fingerprint density at radius 1 is 0.542 bits per heavy atom. The van der Waals surface area contributed by atoms with Gasteiger partial charge in [-0.05, 0) is 12.8 Å². The molecule has 0 aromatic carbocycles. The standard InChI is InChI=1S/C38H76NO8P/c1-3-5-7-9-11-13-14-15-16-17-18-19-20-21-22-23-25-26-28-30-37(40)44-34-36(35-46-48(42,43)45-33-32-39)47-38(41)31-29-27-24-12-10-8-6-4-2/h36H,3-35,39H2,1-2H3,(H,42,43)/t36-/m0/s1. The molecule has 1 unspecified atom stereocenters. The van der Waals surface area contributed by atoms with Crippen LogP contribution in [0.15, 0.2) is 0 Å². The third kappa shape index (κ3) is 34.9. The maximum atomic E-state index is 12.4. The third-order valence-electron chi connectivity index (χ3n) is 8.74. The molecule has 0 aliphatic heterocycles. The van der Waals surface area contributed by atoms with E-state index in [1.807, 2.05) is 0 Å². The molecule has 48 heavy (non-hydrogen) atoms. The number of nitrogens with two attached hydrogens (primary N) is 1. The Balaban J connectivity index is 4.02. The van der Waals surface area contributed by atoms with Crippen molar-refractivity contribution in [1.29, 1.82) is 0 Å². The average Bonchev–Trinajstić information content (AvgIpc) is 3.07. The van der Waals surface area contributed by atoms with Crippen molar-refractivity contribution in [2.45, 2.75) is 206 Å². The van der Waals surface area contributed by atoms with Crippen molar-refractivity contribution in [2.75, 3.05) is 26.4 Å². The van der Waals surface area contributed by atoms with Gasteiger partial charge < -0.3 is 20.1 Å². The summed E-state index contributed by atoms with van der Waals surface area (Å²) in [5, 5.41) is 0. The largest absolute Gasteiger partial charge is 0.472 e. The summed E-state index contributed by atoms with van der Waals surface area (Å²) in [5.41, 5.74) is 5.32. The maximum absolute atomic E-state index is 12.4. The van der Waals surface area contributed by atoms with Crippen molar-refractivity contribution < 1.29 is 37.6 Å². The molecule has 0 heterocycles. The van der Waals surface area contributed by atoms with E-state index in [0.717, 1.165) is 38.5 Å². The lowest BCUT2D eigenvalue weighted by Gasteiger charge is -2.19. The quantitative estimate of drug-likeness (QED) is 0.0365. The van der Waals surface area contributed by atoms with Gasteiger partial charge in [-0.1, -0.05) is 174 Å². The van der Waals surface area contributed by atoms with E-state index in [2.05, 4.69) is 13.8 Å². The van der Waals surface area contributed by atoms with E-state index in [-0.39, 0.29) is 38.6 Å². The smallest absolute Gasteiger partial charge is 0.462 e. The minimum Gasteiger partial charge on any atom is -0.462 e. The van der Waals surface area contributed by atoms with Crippen molar-refractivity contribution in [3.63, 3.8) is 0 Å². The predicted octanol–water partition coefficient (Wildman–Crippen LogP) is 10.9. The first-order valence-electron chi connectivity index (χ1n) is 20.0. The molecule has 0 bridgehead atoms. The fraction of sp³-hybridized carbons (Fsp3) is 0.947. The van der Waals surface area contributed by atoms with Crippen molar-refractivity contribution in [3.8, 4) is 0 Å². The van der Waals surface area contributed by atoms with Crippen LogP contribution in [0.2, 0.25) is 0 Å². The Morgan fingerprint density at radius 2 is 0.896 bits per heavy atom. The van der Waals surface area contributed by atoms with Gasteiger partial charge in [0, 0.05) is 19.4 Å². The Bertz CT molecular complexity index is 769. The number of ether oxygens (including phenoxy) is 2. The van der Waals surface area contributed by atoms with Crippen LogP contribution in [0.5, 0.6) is 0 Å². The van der Waals surface area contributed by atoms with Gasteiger partial charge in [-0.25, -0.2) is 4.57 Å². The second-order valence-corrected chi connectivity index (χ2v) is 15.0. The molecule has 0 spiro atoms. The zero-order valence-electron chi connectivity index (χ0n) is 31.2. The van der Waals surface area contributed by atoms with E-state index in [4.69, 9.17) is 24.3 Å². The summed E-state index contributed by atoms with van der Waals surface area (Å²) in [6.45, 7) is 3.72. The van der Waals surface area contributed by atoms with E-state index in [1.165, 1.54) is 128 Å². The maximum Gasteiger partial charge on any atom is 0.472 e. The summed E-state index contributed by atoms with van der Waals surface area (Å²) in [5.74, 6) is -0.822. The van der Waals surface area contributed by atoms with Crippen LogP contribution in [0.3, 0.4) is 0 Å². The lowest BCUT2D eigenvalue weighted by atomic mass is 10.0.